The molecule has 0 N–H and O–H groups in total. The molecule has 0 aromatic heterocycles. The third-order valence-corrected chi connectivity index (χ3v) is 6.72. The van der Waals surface area contributed by atoms with Gasteiger partial charge in [0.15, 0.2) is 0 Å². The monoisotopic (exact) mass is 498 g/mol. The van der Waals surface area contributed by atoms with Crippen molar-refractivity contribution in [1.82, 2.24) is 4.90 Å². The van der Waals surface area contributed by atoms with Crippen LogP contribution in [-0.2, 0) is 13.0 Å². The number of alkyl halides is 6. The van der Waals surface area contributed by atoms with E-state index in [2.05, 4.69) is 31.0 Å². The standard InChI is InChI=1S/C25H29F6N.C2H3N/c1-3-20(32(2)16-18-7-5-4-6-8-18)14-11-17-9-12-19(13-10-17)21-15-22(24(26,27)28)23(21)25(29,30)31;1-2-3/h4-10,12-13,20-23H,3,11,14-16H2,1-2H3;1H3. The summed E-state index contributed by atoms with van der Waals surface area (Å²) in [6.07, 6.45) is -7.57. The van der Waals surface area contributed by atoms with Crippen LogP contribution in [-0.4, -0.2) is 30.3 Å². The largest absolute Gasteiger partial charge is 0.393 e. The van der Waals surface area contributed by atoms with Gasteiger partial charge in [-0.2, -0.15) is 31.6 Å². The van der Waals surface area contributed by atoms with E-state index in [1.807, 2.05) is 18.2 Å². The lowest BCUT2D eigenvalue weighted by Gasteiger charge is -2.46. The van der Waals surface area contributed by atoms with Gasteiger partial charge in [0.25, 0.3) is 0 Å². The molecular weight excluding hydrogens is 466 g/mol. The molecule has 0 heterocycles. The molecule has 4 atom stereocenters. The summed E-state index contributed by atoms with van der Waals surface area (Å²) in [4.78, 5) is 2.29. The predicted molar refractivity (Wildman–Crippen MR) is 124 cm³/mol. The minimum absolute atomic E-state index is 0.338. The van der Waals surface area contributed by atoms with Gasteiger partial charge in [0.05, 0.1) is 17.9 Å². The molecule has 0 spiro atoms. The first-order chi connectivity index (χ1) is 16.4. The van der Waals surface area contributed by atoms with Crippen molar-refractivity contribution in [3.8, 4) is 6.07 Å². The molecule has 0 aliphatic heterocycles. The molecule has 1 aliphatic carbocycles. The van der Waals surface area contributed by atoms with Crippen LogP contribution in [0.4, 0.5) is 26.3 Å². The van der Waals surface area contributed by atoms with E-state index in [0.717, 1.165) is 31.4 Å². The van der Waals surface area contributed by atoms with Gasteiger partial charge in [-0.15, -0.1) is 0 Å². The van der Waals surface area contributed by atoms with E-state index < -0.39 is 36.5 Å². The fourth-order valence-corrected chi connectivity index (χ4v) is 4.79. The van der Waals surface area contributed by atoms with Gasteiger partial charge in [0.1, 0.15) is 0 Å². The maximum atomic E-state index is 13.3. The fourth-order valence-electron chi connectivity index (χ4n) is 4.79. The van der Waals surface area contributed by atoms with Crippen molar-refractivity contribution in [3.05, 3.63) is 71.3 Å². The van der Waals surface area contributed by atoms with Gasteiger partial charge < -0.3 is 0 Å². The quantitative estimate of drug-likeness (QED) is 0.346. The zero-order valence-corrected chi connectivity index (χ0v) is 20.2. The van der Waals surface area contributed by atoms with Crippen LogP contribution in [0.5, 0.6) is 0 Å². The Morgan fingerprint density at radius 1 is 0.943 bits per heavy atom. The van der Waals surface area contributed by atoms with E-state index in [-0.39, 0.29) is 0 Å². The zero-order chi connectivity index (χ0) is 26.2. The molecule has 35 heavy (non-hydrogen) atoms. The Morgan fingerprint density at radius 3 is 2.00 bits per heavy atom. The Hall–Kier alpha value is -2.53. The van der Waals surface area contributed by atoms with E-state index in [4.69, 9.17) is 5.26 Å². The second-order valence-electron chi connectivity index (χ2n) is 9.02. The molecule has 0 bridgehead atoms. The van der Waals surface area contributed by atoms with Crippen LogP contribution in [0.2, 0.25) is 0 Å². The number of hydrogen-bond donors (Lipinski definition) is 0. The van der Waals surface area contributed by atoms with E-state index in [1.165, 1.54) is 12.5 Å². The highest BCUT2D eigenvalue weighted by Gasteiger charge is 2.64. The summed E-state index contributed by atoms with van der Waals surface area (Å²) in [5.41, 5.74) is 2.55. The van der Waals surface area contributed by atoms with E-state index >= 15 is 0 Å². The van der Waals surface area contributed by atoms with E-state index in [0.29, 0.717) is 11.6 Å². The minimum Gasteiger partial charge on any atom is -0.299 e. The number of benzene rings is 2. The third-order valence-electron chi connectivity index (χ3n) is 6.72. The molecule has 2 nitrogen and oxygen atoms in total. The van der Waals surface area contributed by atoms with Gasteiger partial charge in [-0.05, 0) is 55.3 Å². The number of rotatable bonds is 8. The van der Waals surface area contributed by atoms with Gasteiger partial charge in [-0.3, -0.25) is 4.90 Å². The number of nitriles is 1. The summed E-state index contributed by atoms with van der Waals surface area (Å²) in [7, 11) is 2.08. The number of hydrogen-bond acceptors (Lipinski definition) is 2. The summed E-state index contributed by atoms with van der Waals surface area (Å²) in [6, 6.07) is 18.9. The molecule has 1 fully saturated rings. The maximum Gasteiger partial charge on any atom is 0.393 e. The van der Waals surface area contributed by atoms with Crippen LogP contribution in [0.1, 0.15) is 55.7 Å². The van der Waals surface area contributed by atoms with Crippen molar-refractivity contribution < 1.29 is 26.3 Å². The first-order valence-electron chi connectivity index (χ1n) is 11.7. The Kier molecular flexibility index (Phi) is 10.2. The van der Waals surface area contributed by atoms with E-state index in [1.54, 1.807) is 30.3 Å². The third kappa shape index (κ3) is 7.99. The highest BCUT2D eigenvalue weighted by atomic mass is 19.4. The Bertz CT molecular complexity index is 931. The lowest BCUT2D eigenvalue weighted by atomic mass is 9.61. The smallest absolute Gasteiger partial charge is 0.299 e. The molecule has 0 amide bonds. The first-order valence-corrected chi connectivity index (χ1v) is 11.7. The number of aryl methyl sites for hydroxylation is 1. The van der Waals surface area contributed by atoms with Crippen LogP contribution in [0.3, 0.4) is 0 Å². The fraction of sp³-hybridized carbons (Fsp3) is 0.519. The molecule has 0 saturated heterocycles. The van der Waals surface area contributed by atoms with Gasteiger partial charge in [-0.1, -0.05) is 61.5 Å². The van der Waals surface area contributed by atoms with E-state index in [9.17, 15) is 26.3 Å². The van der Waals surface area contributed by atoms with Crippen molar-refractivity contribution in [2.45, 2.75) is 70.4 Å². The van der Waals surface area contributed by atoms with Crippen molar-refractivity contribution in [1.29, 1.82) is 5.26 Å². The van der Waals surface area contributed by atoms with Crippen molar-refractivity contribution >= 4 is 0 Å². The lowest BCUT2D eigenvalue weighted by Crippen LogP contribution is -2.51. The highest BCUT2D eigenvalue weighted by Crippen LogP contribution is 2.59. The second kappa shape index (κ2) is 12.4. The summed E-state index contributed by atoms with van der Waals surface area (Å²) in [5.74, 6) is -5.79. The Labute approximate surface area is 203 Å². The SMILES string of the molecule is CC#N.CCC(CCc1ccc(C2CC(C(F)(F)F)C2C(F)(F)F)cc1)N(C)Cc1ccccc1. The van der Waals surface area contributed by atoms with Gasteiger partial charge in [0.2, 0.25) is 0 Å². The van der Waals surface area contributed by atoms with Crippen LogP contribution in [0.25, 0.3) is 0 Å². The molecule has 1 saturated carbocycles. The molecule has 8 heteroatoms. The van der Waals surface area contributed by atoms with Crippen LogP contribution in [0, 0.1) is 23.2 Å². The predicted octanol–water partition coefficient (Wildman–Crippen LogP) is 7.90. The first kappa shape index (κ1) is 28.7. The topological polar surface area (TPSA) is 27.0 Å². The zero-order valence-electron chi connectivity index (χ0n) is 20.2. The number of halogens is 6. The minimum atomic E-state index is -4.86. The molecule has 3 rings (SSSR count). The van der Waals surface area contributed by atoms with Crippen LogP contribution in [0.15, 0.2) is 54.6 Å². The second-order valence-corrected chi connectivity index (χ2v) is 9.02. The van der Waals surface area contributed by atoms with Crippen molar-refractivity contribution in [2.24, 2.45) is 11.8 Å². The average molecular weight is 499 g/mol. The van der Waals surface area contributed by atoms with Crippen LogP contribution >= 0.6 is 0 Å². The molecule has 192 valence electrons. The summed E-state index contributed by atoms with van der Waals surface area (Å²) in [5, 5.41) is 7.32. The molecule has 1 aliphatic rings. The average Bonchev–Trinajstić information content (AvgIpc) is 2.73. The number of nitrogens with zero attached hydrogens (tertiary/aromatic N) is 2. The normalized spacial score (nSPS) is 20.9. The van der Waals surface area contributed by atoms with Crippen molar-refractivity contribution in [3.63, 3.8) is 0 Å². The van der Waals surface area contributed by atoms with Gasteiger partial charge in [-0.25, -0.2) is 0 Å². The van der Waals surface area contributed by atoms with Gasteiger partial charge >= 0.3 is 12.4 Å². The Balaban J connectivity index is 0.00000137. The van der Waals surface area contributed by atoms with Gasteiger partial charge in [0, 0.05) is 19.5 Å². The highest BCUT2D eigenvalue weighted by molar-refractivity contribution is 5.29. The van der Waals surface area contributed by atoms with Crippen LogP contribution < -0.4 is 0 Å². The molecule has 2 aromatic rings. The molecule has 0 radical (unpaired) electrons. The Morgan fingerprint density at radius 2 is 1.51 bits per heavy atom. The maximum absolute atomic E-state index is 13.3. The summed E-state index contributed by atoms with van der Waals surface area (Å²) >= 11 is 0. The molecular formula is C27H32F6N2. The summed E-state index contributed by atoms with van der Waals surface area (Å²) in [6.45, 7) is 4.39. The molecule has 2 aromatic carbocycles. The van der Waals surface area contributed by atoms with Crippen molar-refractivity contribution in [2.75, 3.05) is 7.05 Å². The molecule has 4 unspecified atom stereocenters. The summed E-state index contributed by atoms with van der Waals surface area (Å²) < 4.78 is 78.6. The lowest BCUT2D eigenvalue weighted by molar-refractivity contribution is -0.292.